The summed E-state index contributed by atoms with van der Waals surface area (Å²) < 4.78 is 9.08. The molecule has 0 bridgehead atoms. The highest BCUT2D eigenvalue weighted by molar-refractivity contribution is 14.1. The molecule has 122 valence electrons. The molecular weight excluding hydrogens is 437 g/mol. The second-order valence-corrected chi connectivity index (χ2v) is 7.79. The molecule has 0 amide bonds. The van der Waals surface area contributed by atoms with Gasteiger partial charge in [-0.15, -0.1) is 0 Å². The van der Waals surface area contributed by atoms with E-state index in [-0.39, 0.29) is 5.56 Å². The van der Waals surface area contributed by atoms with Crippen molar-refractivity contribution in [3.63, 3.8) is 0 Å². The van der Waals surface area contributed by atoms with Gasteiger partial charge in [-0.2, -0.15) is 0 Å². The number of aromatic nitrogens is 1. The smallest absolute Gasteiger partial charge is 0.271 e. The minimum atomic E-state index is -0.0250. The predicted molar refractivity (Wildman–Crippen MR) is 103 cm³/mol. The van der Waals surface area contributed by atoms with Gasteiger partial charge in [-0.3, -0.25) is 9.36 Å². The summed E-state index contributed by atoms with van der Waals surface area (Å²) in [6, 6.07) is 12.0. The Morgan fingerprint density at radius 1 is 1.25 bits per heavy atom. The van der Waals surface area contributed by atoms with Crippen LogP contribution in [0.1, 0.15) is 11.5 Å². The number of thiazole rings is 1. The second kappa shape index (κ2) is 6.21. The van der Waals surface area contributed by atoms with Crippen LogP contribution < -0.4 is 19.8 Å². The Balaban J connectivity index is 1.71. The van der Waals surface area contributed by atoms with Crippen molar-refractivity contribution in [1.82, 2.24) is 4.57 Å². The normalized spacial score (nSPS) is 14.6. The highest BCUT2D eigenvalue weighted by Crippen LogP contribution is 2.17. The van der Waals surface area contributed by atoms with Crippen molar-refractivity contribution in [2.75, 3.05) is 11.6 Å². The first kappa shape index (κ1) is 15.6. The highest BCUT2D eigenvalue weighted by Gasteiger charge is 2.16. The molecule has 24 heavy (non-hydrogen) atoms. The maximum Gasteiger partial charge on any atom is 0.271 e. The van der Waals surface area contributed by atoms with Crippen molar-refractivity contribution in [3.8, 4) is 0 Å². The molecule has 0 unspecified atom stereocenters. The molecule has 3 heterocycles. The molecule has 1 aliphatic rings. The Labute approximate surface area is 155 Å². The van der Waals surface area contributed by atoms with Gasteiger partial charge in [0.05, 0.1) is 4.53 Å². The average Bonchev–Trinajstić information content (AvgIpc) is 3.12. The second-order valence-electron chi connectivity index (χ2n) is 5.53. The van der Waals surface area contributed by atoms with Crippen molar-refractivity contribution in [2.24, 2.45) is 4.99 Å². The Bertz CT molecular complexity index is 1060. The largest absolute Gasteiger partial charge is 0.462 e. The fraction of sp³-hybridized carbons (Fsp3) is 0.176. The number of fused-ring (bicyclic) bond motifs is 1. The zero-order chi connectivity index (χ0) is 16.7. The number of halogens is 1. The molecule has 4 rings (SSSR count). The van der Waals surface area contributed by atoms with E-state index in [9.17, 15) is 4.79 Å². The topological polar surface area (TPSA) is 50.7 Å². The van der Waals surface area contributed by atoms with Gasteiger partial charge in [0, 0.05) is 15.3 Å². The maximum absolute atomic E-state index is 12.7. The summed E-state index contributed by atoms with van der Waals surface area (Å²) in [5.74, 6) is 1.52. The summed E-state index contributed by atoms with van der Waals surface area (Å²) in [6.07, 6.45) is 1.79. The van der Waals surface area contributed by atoms with E-state index in [0.29, 0.717) is 23.6 Å². The fourth-order valence-electron chi connectivity index (χ4n) is 2.59. The molecule has 1 aromatic carbocycles. The molecule has 0 spiro atoms. The number of furan rings is 1. The van der Waals surface area contributed by atoms with Gasteiger partial charge in [0.1, 0.15) is 24.9 Å². The molecule has 0 saturated heterocycles. The van der Waals surface area contributed by atoms with Crippen LogP contribution in [0.25, 0.3) is 6.08 Å². The van der Waals surface area contributed by atoms with Crippen molar-refractivity contribution in [1.29, 1.82) is 0 Å². The van der Waals surface area contributed by atoms with E-state index < -0.39 is 0 Å². The number of anilines is 1. The van der Waals surface area contributed by atoms with Crippen LogP contribution in [0, 0.1) is 10.5 Å². The zero-order valence-electron chi connectivity index (χ0n) is 12.9. The number of rotatable bonds is 2. The van der Waals surface area contributed by atoms with Crippen LogP contribution in [-0.4, -0.2) is 11.2 Å². The molecule has 2 aromatic heterocycles. The van der Waals surface area contributed by atoms with Crippen molar-refractivity contribution < 1.29 is 4.42 Å². The van der Waals surface area contributed by atoms with Crippen molar-refractivity contribution in [3.05, 3.63) is 71.2 Å². The molecule has 0 N–H and O–H groups in total. The van der Waals surface area contributed by atoms with Crippen LogP contribution in [0.3, 0.4) is 0 Å². The standard InChI is InChI=1S/C17H14IN3O2S/c1-11-2-7-14(23-11)8-15-16(22)21-10-20(9-19-17(21)24-15)13-5-3-12(18)4-6-13/h2-8H,9-10H2,1H3/b15-8-. The first-order valence-corrected chi connectivity index (χ1v) is 9.32. The quantitative estimate of drug-likeness (QED) is 0.562. The van der Waals surface area contributed by atoms with E-state index in [0.717, 1.165) is 16.2 Å². The molecule has 0 fully saturated rings. The monoisotopic (exact) mass is 451 g/mol. The lowest BCUT2D eigenvalue weighted by Gasteiger charge is -2.25. The van der Waals surface area contributed by atoms with Crippen LogP contribution in [0.15, 0.2) is 50.6 Å². The Kier molecular flexibility index (Phi) is 4.05. The van der Waals surface area contributed by atoms with Gasteiger partial charge in [-0.25, -0.2) is 4.99 Å². The summed E-state index contributed by atoms with van der Waals surface area (Å²) in [5.41, 5.74) is 1.04. The SMILES string of the molecule is Cc1ccc(/C=c2\sc3n(c2=O)CN(c2ccc(I)cc2)CN=3)o1. The molecule has 1 aliphatic heterocycles. The third-order valence-electron chi connectivity index (χ3n) is 3.80. The number of benzene rings is 1. The van der Waals surface area contributed by atoms with Crippen molar-refractivity contribution >= 4 is 45.7 Å². The molecule has 0 aliphatic carbocycles. The van der Waals surface area contributed by atoms with Crippen LogP contribution in [-0.2, 0) is 6.67 Å². The van der Waals surface area contributed by atoms with E-state index in [1.54, 1.807) is 10.6 Å². The lowest BCUT2D eigenvalue weighted by molar-refractivity contribution is 0.524. The molecule has 7 heteroatoms. The lowest BCUT2D eigenvalue weighted by Crippen LogP contribution is -2.42. The lowest BCUT2D eigenvalue weighted by atomic mass is 10.3. The van der Waals surface area contributed by atoms with Gasteiger partial charge in [-0.1, -0.05) is 11.3 Å². The van der Waals surface area contributed by atoms with Crippen LogP contribution in [0.5, 0.6) is 0 Å². The molecule has 0 atom stereocenters. The molecule has 0 radical (unpaired) electrons. The summed E-state index contributed by atoms with van der Waals surface area (Å²) in [5, 5.41) is 0. The third-order valence-corrected chi connectivity index (χ3v) is 5.57. The number of hydrogen-bond acceptors (Lipinski definition) is 5. The minimum Gasteiger partial charge on any atom is -0.462 e. The van der Waals surface area contributed by atoms with Crippen LogP contribution in [0.4, 0.5) is 5.69 Å². The van der Waals surface area contributed by atoms with Gasteiger partial charge in [-0.05, 0) is 65.9 Å². The summed E-state index contributed by atoms with van der Waals surface area (Å²) in [7, 11) is 0. The molecule has 0 saturated carbocycles. The van der Waals surface area contributed by atoms with E-state index in [2.05, 4.69) is 56.7 Å². The van der Waals surface area contributed by atoms with Crippen molar-refractivity contribution in [2.45, 2.75) is 13.6 Å². The van der Waals surface area contributed by atoms with Gasteiger partial charge >= 0.3 is 0 Å². The molecule has 3 aromatic rings. The summed E-state index contributed by atoms with van der Waals surface area (Å²) >= 11 is 3.69. The first-order valence-electron chi connectivity index (χ1n) is 7.43. The number of nitrogens with zero attached hydrogens (tertiary/aromatic N) is 3. The molecule has 5 nitrogen and oxygen atoms in total. The van der Waals surface area contributed by atoms with E-state index >= 15 is 0 Å². The van der Waals surface area contributed by atoms with Gasteiger partial charge in [0.25, 0.3) is 5.56 Å². The van der Waals surface area contributed by atoms with Crippen LogP contribution >= 0.6 is 33.9 Å². The maximum atomic E-state index is 12.7. The Hall–Kier alpha value is -1.87. The number of aryl methyl sites for hydroxylation is 1. The zero-order valence-corrected chi connectivity index (χ0v) is 15.9. The van der Waals surface area contributed by atoms with Gasteiger partial charge in [0.2, 0.25) is 0 Å². The third kappa shape index (κ3) is 2.93. The predicted octanol–water partition coefficient (Wildman–Crippen LogP) is 2.30. The summed E-state index contributed by atoms with van der Waals surface area (Å²) in [4.78, 5) is 20.1. The van der Waals surface area contributed by atoms with Gasteiger partial charge in [0.15, 0.2) is 4.80 Å². The average molecular weight is 451 g/mol. The molecular formula is C17H14IN3O2S. The summed E-state index contributed by atoms with van der Waals surface area (Å²) in [6.45, 7) is 2.96. The number of hydrogen-bond donors (Lipinski definition) is 0. The Morgan fingerprint density at radius 2 is 2.04 bits per heavy atom. The fourth-order valence-corrected chi connectivity index (χ4v) is 3.89. The van der Waals surface area contributed by atoms with Crippen LogP contribution in [0.2, 0.25) is 0 Å². The van der Waals surface area contributed by atoms with E-state index in [4.69, 9.17) is 4.42 Å². The Morgan fingerprint density at radius 3 is 2.75 bits per heavy atom. The van der Waals surface area contributed by atoms with Gasteiger partial charge < -0.3 is 9.32 Å². The minimum absolute atomic E-state index is 0.0250. The first-order chi connectivity index (χ1) is 11.6. The van der Waals surface area contributed by atoms with E-state index in [1.165, 1.54) is 14.9 Å². The van der Waals surface area contributed by atoms with E-state index in [1.807, 2.05) is 19.1 Å². The highest BCUT2D eigenvalue weighted by atomic mass is 127.